The predicted octanol–water partition coefficient (Wildman–Crippen LogP) is 13.2. The SMILES string of the molecule is CC(c1ccccc1)c1ccc(-c2ccnc(-c3[c-]c(-c4cccc5c4nc(-c4cc(C(C)(C)C)cc(C(C)(C)C)c4O)n5C)cc(C(C)(C)C)c3)c2)cc1.[Pt]. The summed E-state index contributed by atoms with van der Waals surface area (Å²) in [5.41, 5.74) is 14.1. The van der Waals surface area contributed by atoms with Crippen LogP contribution < -0.4 is 0 Å². The van der Waals surface area contributed by atoms with Crippen molar-refractivity contribution in [3.63, 3.8) is 0 Å². The number of fused-ring (bicyclic) bond motifs is 1. The molecule has 5 aromatic carbocycles. The monoisotopic (exact) mass is 919 g/mol. The zero-order valence-electron chi connectivity index (χ0n) is 34.7. The summed E-state index contributed by atoms with van der Waals surface area (Å²) >= 11 is 0. The van der Waals surface area contributed by atoms with Crippen molar-refractivity contribution in [3.8, 4) is 50.6 Å². The van der Waals surface area contributed by atoms with Crippen molar-refractivity contribution >= 4 is 11.0 Å². The van der Waals surface area contributed by atoms with Crippen LogP contribution in [0.15, 0.2) is 115 Å². The van der Waals surface area contributed by atoms with Crippen LogP contribution in [-0.4, -0.2) is 19.6 Å². The van der Waals surface area contributed by atoms with Crippen molar-refractivity contribution in [1.29, 1.82) is 0 Å². The standard InChI is InChI=1S/C51H54N3O.Pt/c1-32(33-16-13-12-14-17-33)34-20-22-35(23-21-34)36-24-25-52-44(29-36)38-26-37(27-39(28-38)49(2,3)4)41-18-15-19-45-46(41)53-48(54(45)11)42-30-40(50(5,6)7)31-43(47(42)55)51(8,9)10;/h12-25,27-32,55H,1-11H3;/q-1;. The molecule has 0 radical (unpaired) electrons. The van der Waals surface area contributed by atoms with Crippen molar-refractivity contribution in [1.82, 2.24) is 14.5 Å². The Balaban J connectivity index is 0.00000532. The van der Waals surface area contributed by atoms with Crippen LogP contribution >= 0.6 is 0 Å². The van der Waals surface area contributed by atoms with Crippen LogP contribution in [-0.2, 0) is 44.4 Å². The van der Waals surface area contributed by atoms with Crippen LogP contribution in [0.5, 0.6) is 5.75 Å². The Hall–Kier alpha value is -4.79. The molecule has 7 rings (SSSR count). The van der Waals surface area contributed by atoms with Crippen molar-refractivity contribution in [3.05, 3.63) is 149 Å². The Morgan fingerprint density at radius 2 is 1.25 bits per heavy atom. The molecule has 4 nitrogen and oxygen atoms in total. The number of phenols is 1. The number of para-hydroxylation sites is 1. The number of aryl methyl sites for hydroxylation is 1. The van der Waals surface area contributed by atoms with E-state index in [4.69, 9.17) is 9.97 Å². The van der Waals surface area contributed by atoms with Gasteiger partial charge in [0.2, 0.25) is 0 Å². The minimum Gasteiger partial charge on any atom is -0.507 e. The molecule has 0 aliphatic rings. The van der Waals surface area contributed by atoms with Gasteiger partial charge in [0, 0.05) is 51.5 Å². The van der Waals surface area contributed by atoms with Crippen molar-refractivity contribution in [2.75, 3.05) is 0 Å². The fourth-order valence-corrected chi connectivity index (χ4v) is 7.42. The molecule has 0 saturated heterocycles. The Morgan fingerprint density at radius 1 is 0.625 bits per heavy atom. The molecule has 0 spiro atoms. The second-order valence-corrected chi connectivity index (χ2v) is 18.2. The number of hydrogen-bond donors (Lipinski definition) is 1. The van der Waals surface area contributed by atoms with E-state index in [2.05, 4.69) is 189 Å². The predicted molar refractivity (Wildman–Crippen MR) is 231 cm³/mol. The number of pyridine rings is 1. The maximum atomic E-state index is 11.8. The number of aromatic hydroxyl groups is 1. The molecule has 0 saturated carbocycles. The van der Waals surface area contributed by atoms with Gasteiger partial charge in [-0.3, -0.25) is 4.98 Å². The van der Waals surface area contributed by atoms with E-state index in [9.17, 15) is 5.11 Å². The molecule has 1 unspecified atom stereocenters. The van der Waals surface area contributed by atoms with Gasteiger partial charge in [0.1, 0.15) is 11.6 Å². The molecule has 0 aliphatic carbocycles. The van der Waals surface area contributed by atoms with E-state index >= 15 is 0 Å². The number of nitrogens with zero attached hydrogens (tertiary/aromatic N) is 3. The zero-order chi connectivity index (χ0) is 39.4. The molecule has 290 valence electrons. The minimum atomic E-state index is -0.246. The number of rotatable bonds is 6. The molecule has 0 amide bonds. The smallest absolute Gasteiger partial charge is 0.143 e. The van der Waals surface area contributed by atoms with Crippen molar-refractivity contribution in [2.24, 2.45) is 7.05 Å². The summed E-state index contributed by atoms with van der Waals surface area (Å²) in [7, 11) is 2.04. The van der Waals surface area contributed by atoms with Gasteiger partial charge in [-0.2, -0.15) is 0 Å². The largest absolute Gasteiger partial charge is 0.507 e. The third-order valence-electron chi connectivity index (χ3n) is 11.0. The van der Waals surface area contributed by atoms with Crippen LogP contribution in [0.3, 0.4) is 0 Å². The molecule has 56 heavy (non-hydrogen) atoms. The van der Waals surface area contributed by atoms with Crippen LogP contribution in [0.2, 0.25) is 0 Å². The molecule has 1 atom stereocenters. The number of imidazole rings is 1. The number of phenolic OH excluding ortho intramolecular Hbond substituents is 1. The van der Waals surface area contributed by atoms with E-state index in [0.717, 1.165) is 61.5 Å². The van der Waals surface area contributed by atoms with E-state index in [0.29, 0.717) is 5.92 Å². The third-order valence-corrected chi connectivity index (χ3v) is 11.0. The average molecular weight is 920 g/mol. The second-order valence-electron chi connectivity index (χ2n) is 18.2. The van der Waals surface area contributed by atoms with Gasteiger partial charge in [-0.05, 0) is 62.3 Å². The second kappa shape index (κ2) is 15.3. The van der Waals surface area contributed by atoms with E-state index in [1.165, 1.54) is 22.3 Å². The first-order valence-corrected chi connectivity index (χ1v) is 19.4. The number of aromatic nitrogens is 3. The van der Waals surface area contributed by atoms with Gasteiger partial charge in [-0.15, -0.1) is 29.3 Å². The maximum absolute atomic E-state index is 11.8. The van der Waals surface area contributed by atoms with E-state index in [1.807, 2.05) is 13.2 Å². The van der Waals surface area contributed by atoms with Gasteiger partial charge in [0.25, 0.3) is 0 Å². The fraction of sp³-hybridized carbons (Fsp3) is 0.294. The molecule has 0 bridgehead atoms. The molecule has 2 heterocycles. The third kappa shape index (κ3) is 8.05. The first kappa shape index (κ1) is 40.9. The minimum absolute atomic E-state index is 0. The molecule has 5 heteroatoms. The quantitative estimate of drug-likeness (QED) is 0.169. The Labute approximate surface area is 348 Å². The summed E-state index contributed by atoms with van der Waals surface area (Å²) in [6.07, 6.45) is 1.90. The zero-order valence-corrected chi connectivity index (χ0v) is 36.9. The molecule has 0 aliphatic heterocycles. The van der Waals surface area contributed by atoms with Crippen LogP contribution in [0.25, 0.3) is 55.9 Å². The molecule has 2 aromatic heterocycles. The number of hydrogen-bond acceptors (Lipinski definition) is 3. The number of benzene rings is 5. The molecular formula is C51H54N3OPt-. The molecular weight excluding hydrogens is 866 g/mol. The van der Waals surface area contributed by atoms with E-state index < -0.39 is 0 Å². The summed E-state index contributed by atoms with van der Waals surface area (Å²) in [5, 5.41) is 11.8. The van der Waals surface area contributed by atoms with Gasteiger partial charge < -0.3 is 9.67 Å². The van der Waals surface area contributed by atoms with E-state index in [-0.39, 0.29) is 43.1 Å². The van der Waals surface area contributed by atoms with Crippen LogP contribution in [0.4, 0.5) is 0 Å². The first-order chi connectivity index (χ1) is 25.9. The fourth-order valence-electron chi connectivity index (χ4n) is 7.42. The molecule has 1 N–H and O–H groups in total. The Bertz CT molecular complexity index is 2510. The van der Waals surface area contributed by atoms with Crippen molar-refractivity contribution < 1.29 is 26.2 Å². The summed E-state index contributed by atoms with van der Waals surface area (Å²) in [6, 6.07) is 42.7. The topological polar surface area (TPSA) is 50.9 Å². The Morgan fingerprint density at radius 3 is 1.89 bits per heavy atom. The Kier molecular flexibility index (Phi) is 11.1. The van der Waals surface area contributed by atoms with Gasteiger partial charge in [-0.25, -0.2) is 4.98 Å². The van der Waals surface area contributed by atoms with Crippen molar-refractivity contribution in [2.45, 2.75) is 91.4 Å². The van der Waals surface area contributed by atoms with Crippen LogP contribution in [0.1, 0.15) is 103 Å². The maximum Gasteiger partial charge on any atom is 0.143 e. The summed E-state index contributed by atoms with van der Waals surface area (Å²) in [4.78, 5) is 10.2. The summed E-state index contributed by atoms with van der Waals surface area (Å²) in [6.45, 7) is 22.1. The molecule has 0 fully saturated rings. The molecule has 7 aromatic rings. The van der Waals surface area contributed by atoms with Gasteiger partial charge in [0.05, 0.1) is 16.6 Å². The van der Waals surface area contributed by atoms with Gasteiger partial charge in [-0.1, -0.05) is 159 Å². The average Bonchev–Trinajstić information content (AvgIpc) is 3.49. The normalized spacial score (nSPS) is 12.8. The van der Waals surface area contributed by atoms with Gasteiger partial charge in [0.15, 0.2) is 0 Å². The van der Waals surface area contributed by atoms with Crippen LogP contribution in [0, 0.1) is 6.07 Å². The first-order valence-electron chi connectivity index (χ1n) is 19.4. The summed E-state index contributed by atoms with van der Waals surface area (Å²) < 4.78 is 2.11. The van der Waals surface area contributed by atoms with E-state index in [1.54, 1.807) is 0 Å². The summed E-state index contributed by atoms with van der Waals surface area (Å²) in [5.74, 6) is 1.34. The van der Waals surface area contributed by atoms with Gasteiger partial charge >= 0.3 is 0 Å².